The molecule has 0 unspecified atom stereocenters. The molecule has 0 atom stereocenters. The quantitative estimate of drug-likeness (QED) is 0.695. The molecule has 4 rings (SSSR count). The molecule has 94 valence electrons. The van der Waals surface area contributed by atoms with Crippen molar-refractivity contribution in [2.45, 2.75) is 0 Å². The molecule has 0 amide bonds. The van der Waals surface area contributed by atoms with Crippen molar-refractivity contribution < 1.29 is 18.3 Å². The molecular formula is C15H10O4. The van der Waals surface area contributed by atoms with E-state index in [0.29, 0.717) is 0 Å². The van der Waals surface area contributed by atoms with Gasteiger partial charge in [0.25, 0.3) is 0 Å². The van der Waals surface area contributed by atoms with Gasteiger partial charge in [0, 0.05) is 11.1 Å². The van der Waals surface area contributed by atoms with E-state index in [1.807, 2.05) is 36.4 Å². The van der Waals surface area contributed by atoms with Gasteiger partial charge in [0.1, 0.15) is 11.5 Å². The van der Waals surface area contributed by atoms with Crippen molar-refractivity contribution in [2.75, 3.05) is 6.79 Å². The number of hydrogen-bond donors (Lipinski definition) is 0. The van der Waals surface area contributed by atoms with Crippen LogP contribution >= 0.6 is 0 Å². The summed E-state index contributed by atoms with van der Waals surface area (Å²) in [5.41, 5.74) is 1.84. The minimum absolute atomic E-state index is 0.245. The lowest BCUT2D eigenvalue weighted by atomic mass is 10.0. The third-order valence-corrected chi connectivity index (χ3v) is 3.09. The van der Waals surface area contributed by atoms with E-state index in [-0.39, 0.29) is 6.79 Å². The average Bonchev–Trinajstić information content (AvgIpc) is 3.18. The summed E-state index contributed by atoms with van der Waals surface area (Å²) in [6, 6.07) is 11.4. The predicted molar refractivity (Wildman–Crippen MR) is 68.0 cm³/mol. The molecule has 0 bridgehead atoms. The number of hydrogen-bond acceptors (Lipinski definition) is 4. The van der Waals surface area contributed by atoms with Gasteiger partial charge in [-0.3, -0.25) is 0 Å². The molecule has 1 aliphatic heterocycles. The highest BCUT2D eigenvalue weighted by atomic mass is 16.7. The number of ether oxygens (including phenoxy) is 2. The smallest absolute Gasteiger partial charge is 0.231 e. The zero-order valence-corrected chi connectivity index (χ0v) is 9.96. The van der Waals surface area contributed by atoms with Gasteiger partial charge >= 0.3 is 0 Å². The molecule has 2 aromatic heterocycles. The molecule has 1 aliphatic rings. The van der Waals surface area contributed by atoms with Crippen molar-refractivity contribution in [2.24, 2.45) is 0 Å². The van der Waals surface area contributed by atoms with E-state index in [4.69, 9.17) is 18.3 Å². The molecule has 0 spiro atoms. The summed E-state index contributed by atoms with van der Waals surface area (Å²) in [5, 5.41) is 0. The molecule has 3 aromatic rings. The van der Waals surface area contributed by atoms with Crippen LogP contribution in [0, 0.1) is 0 Å². The molecule has 3 heterocycles. The third kappa shape index (κ3) is 1.61. The van der Waals surface area contributed by atoms with Crippen molar-refractivity contribution in [3.8, 4) is 34.1 Å². The van der Waals surface area contributed by atoms with Gasteiger partial charge in [-0.1, -0.05) is 0 Å². The van der Waals surface area contributed by atoms with Gasteiger partial charge < -0.3 is 18.3 Å². The second kappa shape index (κ2) is 3.95. The Morgan fingerprint density at radius 1 is 0.737 bits per heavy atom. The Morgan fingerprint density at radius 3 is 1.68 bits per heavy atom. The molecule has 0 saturated heterocycles. The van der Waals surface area contributed by atoms with E-state index in [0.717, 1.165) is 34.1 Å². The normalized spacial score (nSPS) is 12.8. The SMILES string of the molecule is c1coc(-c2cc3c(cc2-c2ccco2)OCO3)c1. The largest absolute Gasteiger partial charge is 0.464 e. The molecule has 4 heteroatoms. The first kappa shape index (κ1) is 10.3. The van der Waals surface area contributed by atoms with Gasteiger partial charge in [0.2, 0.25) is 6.79 Å². The summed E-state index contributed by atoms with van der Waals surface area (Å²) in [7, 11) is 0. The lowest BCUT2D eigenvalue weighted by Gasteiger charge is -2.07. The molecule has 0 radical (unpaired) electrons. The maximum atomic E-state index is 5.48. The first-order valence-electron chi connectivity index (χ1n) is 5.93. The van der Waals surface area contributed by atoms with Gasteiger partial charge in [-0.15, -0.1) is 0 Å². The molecule has 0 saturated carbocycles. The zero-order valence-electron chi connectivity index (χ0n) is 9.96. The predicted octanol–water partition coefficient (Wildman–Crippen LogP) is 3.94. The summed E-state index contributed by atoms with van der Waals surface area (Å²) in [6.45, 7) is 0.245. The van der Waals surface area contributed by atoms with Crippen LogP contribution in [0.5, 0.6) is 11.5 Å². The summed E-state index contributed by atoms with van der Waals surface area (Å²) < 4.78 is 21.8. The standard InChI is InChI=1S/C15H10O4/c1-3-12(16-5-1)10-7-14-15(19-9-18-14)8-11(10)13-4-2-6-17-13/h1-8H,9H2. The lowest BCUT2D eigenvalue weighted by Crippen LogP contribution is -1.92. The van der Waals surface area contributed by atoms with Crippen LogP contribution in [-0.4, -0.2) is 6.79 Å². The second-order valence-corrected chi connectivity index (χ2v) is 4.21. The second-order valence-electron chi connectivity index (χ2n) is 4.21. The van der Waals surface area contributed by atoms with Gasteiger partial charge in [-0.25, -0.2) is 0 Å². The van der Waals surface area contributed by atoms with E-state index in [1.54, 1.807) is 12.5 Å². The van der Waals surface area contributed by atoms with Crippen LogP contribution in [0.15, 0.2) is 57.8 Å². The molecule has 0 aliphatic carbocycles. The topological polar surface area (TPSA) is 44.7 Å². The monoisotopic (exact) mass is 254 g/mol. The Morgan fingerprint density at radius 2 is 1.26 bits per heavy atom. The third-order valence-electron chi connectivity index (χ3n) is 3.09. The minimum atomic E-state index is 0.245. The Kier molecular flexibility index (Phi) is 2.14. The average molecular weight is 254 g/mol. The maximum Gasteiger partial charge on any atom is 0.231 e. The first-order valence-corrected chi connectivity index (χ1v) is 5.93. The van der Waals surface area contributed by atoms with Crippen LogP contribution in [0.25, 0.3) is 22.6 Å². The first-order chi connectivity index (χ1) is 9.42. The zero-order chi connectivity index (χ0) is 12.7. The highest BCUT2D eigenvalue weighted by Crippen LogP contribution is 2.43. The van der Waals surface area contributed by atoms with Crippen molar-refractivity contribution in [3.63, 3.8) is 0 Å². The van der Waals surface area contributed by atoms with Crippen molar-refractivity contribution in [3.05, 3.63) is 48.9 Å². The van der Waals surface area contributed by atoms with Crippen LogP contribution in [0.3, 0.4) is 0 Å². The summed E-state index contributed by atoms with van der Waals surface area (Å²) in [6.07, 6.45) is 3.29. The molecule has 4 nitrogen and oxygen atoms in total. The molecule has 0 fully saturated rings. The molecule has 19 heavy (non-hydrogen) atoms. The van der Waals surface area contributed by atoms with Gasteiger partial charge in [0.05, 0.1) is 12.5 Å². The molecule has 0 N–H and O–H groups in total. The fourth-order valence-electron chi connectivity index (χ4n) is 2.21. The Hall–Kier alpha value is -2.62. The highest BCUT2D eigenvalue weighted by Gasteiger charge is 2.21. The summed E-state index contributed by atoms with van der Waals surface area (Å²) >= 11 is 0. The van der Waals surface area contributed by atoms with Crippen molar-refractivity contribution in [1.29, 1.82) is 0 Å². The van der Waals surface area contributed by atoms with Crippen LogP contribution < -0.4 is 9.47 Å². The minimum Gasteiger partial charge on any atom is -0.464 e. The summed E-state index contributed by atoms with van der Waals surface area (Å²) in [5.74, 6) is 2.98. The number of rotatable bonds is 2. The number of fused-ring (bicyclic) bond motifs is 1. The van der Waals surface area contributed by atoms with Crippen LogP contribution in [-0.2, 0) is 0 Å². The molecule has 1 aromatic carbocycles. The Bertz CT molecular complexity index is 635. The van der Waals surface area contributed by atoms with Gasteiger partial charge in [0.15, 0.2) is 11.5 Å². The Labute approximate surface area is 109 Å². The van der Waals surface area contributed by atoms with Crippen molar-refractivity contribution in [1.82, 2.24) is 0 Å². The van der Waals surface area contributed by atoms with Crippen LogP contribution in [0.1, 0.15) is 0 Å². The lowest BCUT2D eigenvalue weighted by molar-refractivity contribution is 0.174. The van der Waals surface area contributed by atoms with E-state index in [1.165, 1.54) is 0 Å². The van der Waals surface area contributed by atoms with Crippen LogP contribution in [0.2, 0.25) is 0 Å². The number of benzene rings is 1. The van der Waals surface area contributed by atoms with Crippen LogP contribution in [0.4, 0.5) is 0 Å². The van der Waals surface area contributed by atoms with E-state index >= 15 is 0 Å². The highest BCUT2D eigenvalue weighted by molar-refractivity contribution is 5.82. The maximum absolute atomic E-state index is 5.48. The van der Waals surface area contributed by atoms with Gasteiger partial charge in [-0.05, 0) is 36.4 Å². The van der Waals surface area contributed by atoms with E-state index < -0.39 is 0 Å². The Balaban J connectivity index is 1.97. The fraction of sp³-hybridized carbons (Fsp3) is 0.0667. The molecular weight excluding hydrogens is 244 g/mol. The van der Waals surface area contributed by atoms with E-state index in [2.05, 4.69) is 0 Å². The fourth-order valence-corrected chi connectivity index (χ4v) is 2.21. The summed E-state index contributed by atoms with van der Waals surface area (Å²) in [4.78, 5) is 0. The van der Waals surface area contributed by atoms with E-state index in [9.17, 15) is 0 Å². The van der Waals surface area contributed by atoms with Crippen molar-refractivity contribution >= 4 is 0 Å². The van der Waals surface area contributed by atoms with Gasteiger partial charge in [-0.2, -0.15) is 0 Å². The number of furan rings is 2.